The van der Waals surface area contributed by atoms with Gasteiger partial charge in [-0.3, -0.25) is 0 Å². The first kappa shape index (κ1) is 15.2. The van der Waals surface area contributed by atoms with Crippen molar-refractivity contribution in [2.75, 3.05) is 0 Å². The van der Waals surface area contributed by atoms with Gasteiger partial charge in [0.2, 0.25) is 0 Å². The smallest absolute Gasteiger partial charge is 0.870 e. The molecule has 0 aliphatic carbocycles. The molecule has 0 aliphatic rings. The van der Waals surface area contributed by atoms with E-state index in [-0.39, 0.29) is 56.9 Å². The number of rotatable bonds is 1. The molecule has 0 saturated heterocycles. The molecule has 0 saturated carbocycles. The van der Waals surface area contributed by atoms with Crippen molar-refractivity contribution in [2.45, 2.75) is 11.8 Å². The fourth-order valence-corrected chi connectivity index (χ4v) is 1.01. The summed E-state index contributed by atoms with van der Waals surface area (Å²) in [6.45, 7) is 1.91. The van der Waals surface area contributed by atoms with Crippen LogP contribution in [0.15, 0.2) is 29.2 Å². The van der Waals surface area contributed by atoms with Gasteiger partial charge in [-0.2, -0.15) is 0 Å². The first-order valence-corrected chi connectivity index (χ1v) is 3.93. The Balaban J connectivity index is 0. The van der Waals surface area contributed by atoms with Gasteiger partial charge < -0.3 is 13.9 Å². The maximum absolute atomic E-state index is 10.3. The van der Waals surface area contributed by atoms with E-state index in [2.05, 4.69) is 0 Å². The number of aryl methyl sites for hydroxylation is 1. The second-order valence-electron chi connectivity index (χ2n) is 2.05. The van der Waals surface area contributed by atoms with Crippen LogP contribution in [0.3, 0.4) is 0 Å². The molecule has 1 aromatic rings. The predicted octanol–water partition coefficient (Wildman–Crippen LogP) is -1.51. The molecule has 0 heterocycles. The van der Waals surface area contributed by atoms with Crippen LogP contribution in [0.1, 0.15) is 5.56 Å². The Morgan fingerprint density at radius 3 is 1.83 bits per heavy atom. The topological polar surface area (TPSA) is 64.1 Å². The molecule has 0 aliphatic heterocycles. The van der Waals surface area contributed by atoms with Gasteiger partial charge in [0.1, 0.15) is 0 Å². The predicted molar refractivity (Wildman–Crippen MR) is 40.1 cm³/mol. The average Bonchev–Trinajstić information content (AvgIpc) is 1.88. The molecule has 1 N–H and O–H groups in total. The quantitative estimate of drug-likeness (QED) is 0.419. The van der Waals surface area contributed by atoms with Crippen LogP contribution in [0.25, 0.3) is 0 Å². The van der Waals surface area contributed by atoms with Crippen molar-refractivity contribution in [3.05, 3.63) is 29.8 Å². The van der Waals surface area contributed by atoms with Crippen molar-refractivity contribution in [3.63, 3.8) is 0 Å². The van der Waals surface area contributed by atoms with Gasteiger partial charge in [-0.25, -0.2) is 0 Å². The van der Waals surface area contributed by atoms with E-state index in [1.807, 2.05) is 6.92 Å². The summed E-state index contributed by atoms with van der Waals surface area (Å²) in [7, 11) is -2.09. The maximum atomic E-state index is 10.3. The fourth-order valence-electron chi connectivity index (χ4n) is 0.649. The Labute approximate surface area is 116 Å². The summed E-state index contributed by atoms with van der Waals surface area (Å²) in [6, 6.07) is 6.70. The molecule has 0 aromatic heterocycles. The summed E-state index contributed by atoms with van der Waals surface area (Å²) in [5.74, 6) is 0. The van der Waals surface area contributed by atoms with Crippen molar-refractivity contribution in [2.24, 2.45) is 0 Å². The molecule has 3 nitrogen and oxygen atoms in total. The van der Waals surface area contributed by atoms with Crippen molar-refractivity contribution in [1.82, 2.24) is 0 Å². The Bertz CT molecular complexity index is 284. The molecule has 0 amide bonds. The van der Waals surface area contributed by atoms with Gasteiger partial charge >= 0.3 is 51.4 Å². The average molecular weight is 211 g/mol. The molecular formula is C7H8KO3S-. The SMILES string of the molecule is Cc1ccc([S-](=O)=O)cc1.[K+].[OH-]. The molecule has 12 heavy (non-hydrogen) atoms. The van der Waals surface area contributed by atoms with Crippen molar-refractivity contribution >= 4 is 10.7 Å². The molecule has 0 spiro atoms. The molecule has 0 unspecified atom stereocenters. The molecule has 1 rings (SSSR count). The number of hydrogen-bond acceptors (Lipinski definition) is 4. The second kappa shape index (κ2) is 7.20. The summed E-state index contributed by atoms with van der Waals surface area (Å²) >= 11 is 0. The maximum Gasteiger partial charge on any atom is 1.00 e. The van der Waals surface area contributed by atoms with Crippen LogP contribution in [0.5, 0.6) is 0 Å². The zero-order chi connectivity index (χ0) is 7.56. The number of benzene rings is 1. The van der Waals surface area contributed by atoms with Crippen LogP contribution in [0.4, 0.5) is 0 Å². The van der Waals surface area contributed by atoms with Crippen LogP contribution in [-0.4, -0.2) is 5.48 Å². The Kier molecular flexibility index (Phi) is 9.14. The summed E-state index contributed by atoms with van der Waals surface area (Å²) in [5.41, 5.74) is 1.06. The van der Waals surface area contributed by atoms with E-state index in [4.69, 9.17) is 0 Å². The van der Waals surface area contributed by atoms with Crippen LogP contribution in [0, 0.1) is 6.92 Å². The first-order valence-electron chi connectivity index (χ1n) is 2.86. The van der Waals surface area contributed by atoms with Crippen LogP contribution in [-0.2, 0) is 19.1 Å². The van der Waals surface area contributed by atoms with Gasteiger partial charge in [0.05, 0.1) is 0 Å². The molecule has 0 fully saturated rings. The van der Waals surface area contributed by atoms with E-state index in [0.717, 1.165) is 5.56 Å². The van der Waals surface area contributed by atoms with Gasteiger partial charge in [-0.1, -0.05) is 34.7 Å². The van der Waals surface area contributed by atoms with E-state index >= 15 is 0 Å². The third-order valence-electron chi connectivity index (χ3n) is 1.21. The zero-order valence-corrected chi connectivity index (χ0v) is 10.9. The summed E-state index contributed by atoms with van der Waals surface area (Å²) < 4.78 is 20.6. The van der Waals surface area contributed by atoms with E-state index in [0.29, 0.717) is 4.90 Å². The molecule has 0 bridgehead atoms. The molecule has 5 heteroatoms. The standard InChI is InChI=1S/C7H7O2S.K.H2O/c1-6-2-4-7(5-3-6)10(8)9;;/h2-5H,1H3;;1H2/q-1;+1;/p-1. The van der Waals surface area contributed by atoms with Gasteiger partial charge in [-0.05, 0) is 17.6 Å². The Morgan fingerprint density at radius 2 is 1.50 bits per heavy atom. The minimum absolute atomic E-state index is 0. The van der Waals surface area contributed by atoms with Crippen molar-refractivity contribution in [3.8, 4) is 0 Å². The monoisotopic (exact) mass is 211 g/mol. The third kappa shape index (κ3) is 4.71. The van der Waals surface area contributed by atoms with E-state index in [1.54, 1.807) is 24.3 Å². The van der Waals surface area contributed by atoms with Crippen LogP contribution < -0.4 is 51.4 Å². The third-order valence-corrected chi connectivity index (χ3v) is 1.87. The van der Waals surface area contributed by atoms with Gasteiger partial charge in [-0.15, -0.1) is 0 Å². The Morgan fingerprint density at radius 1 is 1.08 bits per heavy atom. The normalized spacial score (nSPS) is 8.50. The van der Waals surface area contributed by atoms with Crippen molar-refractivity contribution in [1.29, 1.82) is 0 Å². The van der Waals surface area contributed by atoms with Gasteiger partial charge in [0, 0.05) is 0 Å². The van der Waals surface area contributed by atoms with Crippen molar-refractivity contribution < 1.29 is 65.3 Å². The Hall–Kier alpha value is 0.766. The van der Waals surface area contributed by atoms with Gasteiger partial charge in [0.15, 0.2) is 0 Å². The minimum atomic E-state index is -2.09. The second-order valence-corrected chi connectivity index (χ2v) is 2.99. The largest absolute Gasteiger partial charge is 1.00 e. The van der Waals surface area contributed by atoms with Crippen LogP contribution >= 0.6 is 0 Å². The summed E-state index contributed by atoms with van der Waals surface area (Å²) in [4.78, 5) is 0.339. The van der Waals surface area contributed by atoms with E-state index in [1.165, 1.54) is 0 Å². The summed E-state index contributed by atoms with van der Waals surface area (Å²) in [5, 5.41) is 0. The first-order chi connectivity index (χ1) is 4.70. The number of hydrogen-bond donors (Lipinski definition) is 0. The van der Waals surface area contributed by atoms with E-state index in [9.17, 15) is 8.42 Å². The van der Waals surface area contributed by atoms with E-state index < -0.39 is 10.7 Å². The fraction of sp³-hybridized carbons (Fsp3) is 0.143. The zero-order valence-electron chi connectivity index (χ0n) is 6.98. The van der Waals surface area contributed by atoms with Crippen LogP contribution in [0.2, 0.25) is 0 Å². The summed E-state index contributed by atoms with van der Waals surface area (Å²) in [6.07, 6.45) is 0. The molecule has 62 valence electrons. The molecule has 0 radical (unpaired) electrons. The van der Waals surface area contributed by atoms with Gasteiger partial charge in [0.25, 0.3) is 0 Å². The molecule has 1 aromatic carbocycles. The molecular weight excluding hydrogens is 203 g/mol. The molecule has 0 atom stereocenters. The minimum Gasteiger partial charge on any atom is -0.870 e.